The molecule has 1 unspecified atom stereocenters. The number of hydrogen-bond donors (Lipinski definition) is 3. The Hall–Kier alpha value is -2.97. The van der Waals surface area contributed by atoms with Crippen molar-refractivity contribution < 1.29 is 34.0 Å². The fraction of sp³-hybridized carbons (Fsp3) is 0.300. The van der Waals surface area contributed by atoms with Crippen molar-refractivity contribution in [2.75, 3.05) is 27.3 Å². The minimum atomic E-state index is -1.82. The van der Waals surface area contributed by atoms with E-state index in [9.17, 15) is 0 Å². The van der Waals surface area contributed by atoms with Gasteiger partial charge in [0, 0.05) is 17.1 Å². The van der Waals surface area contributed by atoms with Crippen LogP contribution in [0, 0.1) is 0 Å². The largest absolute Gasteiger partial charge is 0.493 e. The molecular weight excluding hydrogens is 402 g/mol. The zero-order chi connectivity index (χ0) is 21.4. The monoisotopic (exact) mass is 423 g/mol. The number of carboxylic acids is 2. The third-order valence-corrected chi connectivity index (χ3v) is 4.39. The van der Waals surface area contributed by atoms with E-state index < -0.39 is 11.9 Å². The predicted octanol–water partition coefficient (Wildman–Crippen LogP) is 2.78. The zero-order valence-electron chi connectivity index (χ0n) is 16.0. The quantitative estimate of drug-likeness (QED) is 0.643. The number of aliphatic carboxylic acids is 2. The van der Waals surface area contributed by atoms with E-state index in [1.54, 1.807) is 14.2 Å². The van der Waals surface area contributed by atoms with Gasteiger partial charge < -0.3 is 29.7 Å². The van der Waals surface area contributed by atoms with Crippen LogP contribution in [-0.2, 0) is 16.0 Å². The number of ether oxygens (including phenoxy) is 3. The number of benzene rings is 2. The van der Waals surface area contributed by atoms with Gasteiger partial charge in [-0.25, -0.2) is 9.59 Å². The topological polar surface area (TPSA) is 114 Å². The second kappa shape index (κ2) is 10.5. The van der Waals surface area contributed by atoms with Crippen molar-refractivity contribution in [2.45, 2.75) is 12.5 Å². The van der Waals surface area contributed by atoms with Crippen molar-refractivity contribution in [3.05, 3.63) is 52.5 Å². The van der Waals surface area contributed by atoms with Gasteiger partial charge in [0.2, 0.25) is 0 Å². The molecule has 1 aliphatic rings. The van der Waals surface area contributed by atoms with Crippen molar-refractivity contribution >= 4 is 23.5 Å². The smallest absolute Gasteiger partial charge is 0.414 e. The summed E-state index contributed by atoms with van der Waals surface area (Å²) < 4.78 is 17.0. The second-order valence-electron chi connectivity index (χ2n) is 6.03. The molecule has 9 heteroatoms. The number of rotatable bonds is 4. The zero-order valence-corrected chi connectivity index (χ0v) is 16.7. The molecule has 0 bridgehead atoms. The highest BCUT2D eigenvalue weighted by Gasteiger charge is 2.23. The molecule has 3 N–H and O–H groups in total. The van der Waals surface area contributed by atoms with E-state index in [1.165, 1.54) is 5.56 Å². The van der Waals surface area contributed by atoms with Gasteiger partial charge in [0.1, 0.15) is 11.9 Å². The van der Waals surface area contributed by atoms with Crippen LogP contribution in [0.3, 0.4) is 0 Å². The molecular formula is C20H22ClNO7. The number of fused-ring (bicyclic) bond motifs is 1. The van der Waals surface area contributed by atoms with E-state index in [4.69, 9.17) is 45.6 Å². The van der Waals surface area contributed by atoms with Gasteiger partial charge in [0.25, 0.3) is 0 Å². The van der Waals surface area contributed by atoms with E-state index in [-0.39, 0.29) is 6.10 Å². The van der Waals surface area contributed by atoms with Crippen molar-refractivity contribution in [2.24, 2.45) is 0 Å². The fourth-order valence-electron chi connectivity index (χ4n) is 2.83. The Balaban J connectivity index is 0.000000438. The van der Waals surface area contributed by atoms with Crippen LogP contribution in [0.4, 0.5) is 0 Å². The normalized spacial score (nSPS) is 15.1. The van der Waals surface area contributed by atoms with E-state index in [2.05, 4.69) is 5.32 Å². The highest BCUT2D eigenvalue weighted by atomic mass is 35.5. The summed E-state index contributed by atoms with van der Waals surface area (Å²) in [5.41, 5.74) is 2.33. The average Bonchev–Trinajstić information content (AvgIpc) is 2.89. The first kappa shape index (κ1) is 22.3. The van der Waals surface area contributed by atoms with Gasteiger partial charge >= 0.3 is 11.9 Å². The van der Waals surface area contributed by atoms with E-state index >= 15 is 0 Å². The molecule has 3 rings (SSSR count). The number of halogens is 1. The van der Waals surface area contributed by atoms with Gasteiger partial charge in [0.05, 0.1) is 14.2 Å². The molecule has 0 radical (unpaired) electrons. The van der Waals surface area contributed by atoms with Crippen LogP contribution < -0.4 is 19.5 Å². The van der Waals surface area contributed by atoms with Gasteiger partial charge in [-0.05, 0) is 48.9 Å². The van der Waals surface area contributed by atoms with Crippen LogP contribution in [0.15, 0.2) is 36.4 Å². The molecule has 0 aromatic heterocycles. The summed E-state index contributed by atoms with van der Waals surface area (Å²) in [6, 6.07) is 11.5. The lowest BCUT2D eigenvalue weighted by molar-refractivity contribution is -0.159. The Morgan fingerprint density at radius 2 is 1.72 bits per heavy atom. The van der Waals surface area contributed by atoms with E-state index in [0.717, 1.165) is 36.6 Å². The number of nitrogens with one attached hydrogen (secondary N) is 1. The molecule has 0 spiro atoms. The molecule has 0 saturated carbocycles. The SMILES string of the molecule is COc1cc2c(cc1OC)C(Oc1cccc(Cl)c1)CNCC2.O=C(O)C(=O)O. The Labute approximate surface area is 173 Å². The van der Waals surface area contributed by atoms with E-state index in [0.29, 0.717) is 10.8 Å². The molecule has 1 heterocycles. The van der Waals surface area contributed by atoms with Crippen molar-refractivity contribution in [3.63, 3.8) is 0 Å². The maximum absolute atomic E-state index is 9.10. The summed E-state index contributed by atoms with van der Waals surface area (Å²) in [5.74, 6) is -1.43. The predicted molar refractivity (Wildman–Crippen MR) is 106 cm³/mol. The van der Waals surface area contributed by atoms with Crippen LogP contribution in [0.25, 0.3) is 0 Å². The lowest BCUT2D eigenvalue weighted by Crippen LogP contribution is -2.23. The summed E-state index contributed by atoms with van der Waals surface area (Å²) in [6.07, 6.45) is 0.816. The summed E-state index contributed by atoms with van der Waals surface area (Å²) in [6.45, 7) is 1.63. The van der Waals surface area contributed by atoms with Crippen molar-refractivity contribution in [1.82, 2.24) is 5.32 Å². The lowest BCUT2D eigenvalue weighted by atomic mass is 10.00. The Morgan fingerprint density at radius 3 is 2.31 bits per heavy atom. The maximum Gasteiger partial charge on any atom is 0.414 e. The molecule has 0 fully saturated rings. The van der Waals surface area contributed by atoms with Crippen molar-refractivity contribution in [1.29, 1.82) is 0 Å². The Morgan fingerprint density at radius 1 is 1.07 bits per heavy atom. The number of hydrogen-bond acceptors (Lipinski definition) is 6. The molecule has 1 aliphatic heterocycles. The molecule has 0 saturated heterocycles. The van der Waals surface area contributed by atoms with Crippen LogP contribution in [0.5, 0.6) is 17.2 Å². The second-order valence-corrected chi connectivity index (χ2v) is 6.47. The molecule has 8 nitrogen and oxygen atoms in total. The summed E-state index contributed by atoms with van der Waals surface area (Å²) in [7, 11) is 3.30. The fourth-order valence-corrected chi connectivity index (χ4v) is 3.01. The summed E-state index contributed by atoms with van der Waals surface area (Å²) in [4.78, 5) is 18.2. The van der Waals surface area contributed by atoms with Crippen LogP contribution >= 0.6 is 11.6 Å². The Kier molecular flexibility index (Phi) is 8.11. The minimum Gasteiger partial charge on any atom is -0.493 e. The van der Waals surface area contributed by atoms with Gasteiger partial charge in [0.15, 0.2) is 11.5 Å². The van der Waals surface area contributed by atoms with E-state index in [1.807, 2.05) is 36.4 Å². The maximum atomic E-state index is 9.10. The first-order valence-electron chi connectivity index (χ1n) is 8.69. The number of carboxylic acid groups (broad SMARTS) is 2. The summed E-state index contributed by atoms with van der Waals surface area (Å²) in [5, 5.41) is 18.9. The summed E-state index contributed by atoms with van der Waals surface area (Å²) >= 11 is 6.05. The molecule has 0 amide bonds. The Bertz CT molecular complexity index is 860. The molecule has 1 atom stereocenters. The highest BCUT2D eigenvalue weighted by molar-refractivity contribution is 6.30. The molecule has 29 heavy (non-hydrogen) atoms. The third kappa shape index (κ3) is 6.27. The standard InChI is InChI=1S/C18H20ClNO3.C2H2O4/c1-21-16-8-12-6-7-20-11-18(15(12)10-17(16)22-2)23-14-5-3-4-13(19)9-14;3-1(4)2(5)6/h3-5,8-10,18,20H,6-7,11H2,1-2H3;(H,3,4)(H,5,6). The van der Waals surface area contributed by atoms with Gasteiger partial charge in [-0.1, -0.05) is 17.7 Å². The number of methoxy groups -OCH3 is 2. The first-order valence-corrected chi connectivity index (χ1v) is 9.07. The first-order chi connectivity index (χ1) is 13.8. The third-order valence-electron chi connectivity index (χ3n) is 4.15. The van der Waals surface area contributed by atoms with Crippen LogP contribution in [-0.4, -0.2) is 49.5 Å². The molecule has 156 valence electrons. The molecule has 0 aliphatic carbocycles. The van der Waals surface area contributed by atoms with Gasteiger partial charge in [-0.15, -0.1) is 0 Å². The molecule has 2 aromatic rings. The van der Waals surface area contributed by atoms with Crippen molar-refractivity contribution in [3.8, 4) is 17.2 Å². The van der Waals surface area contributed by atoms with Gasteiger partial charge in [-0.3, -0.25) is 0 Å². The molecule has 2 aromatic carbocycles. The van der Waals surface area contributed by atoms with Crippen LogP contribution in [0.2, 0.25) is 5.02 Å². The minimum absolute atomic E-state index is 0.106. The average molecular weight is 424 g/mol. The van der Waals surface area contributed by atoms with Gasteiger partial charge in [-0.2, -0.15) is 0 Å². The lowest BCUT2D eigenvalue weighted by Gasteiger charge is -2.21. The highest BCUT2D eigenvalue weighted by Crippen LogP contribution is 2.36. The van der Waals surface area contributed by atoms with Crippen LogP contribution in [0.1, 0.15) is 17.2 Å². The number of carbonyl (C=O) groups is 2.